The lowest BCUT2D eigenvalue weighted by Gasteiger charge is -2.23. The van der Waals surface area contributed by atoms with E-state index in [9.17, 15) is 13.2 Å². The molecule has 0 saturated heterocycles. The fourth-order valence-corrected chi connectivity index (χ4v) is 3.67. The molecule has 29 heavy (non-hydrogen) atoms. The fraction of sp³-hybridized carbons (Fsp3) is 0.286. The van der Waals surface area contributed by atoms with E-state index in [1.165, 1.54) is 33.3 Å². The largest absolute Gasteiger partial charge is 0.495 e. The molecule has 0 spiro atoms. The van der Waals surface area contributed by atoms with Crippen LogP contribution in [0.4, 0.5) is 5.69 Å². The highest BCUT2D eigenvalue weighted by atomic mass is 32.2. The first-order chi connectivity index (χ1) is 13.7. The zero-order chi connectivity index (χ0) is 21.6. The van der Waals surface area contributed by atoms with Crippen molar-refractivity contribution in [2.45, 2.75) is 18.7 Å². The van der Waals surface area contributed by atoms with E-state index >= 15 is 0 Å². The van der Waals surface area contributed by atoms with Crippen molar-refractivity contribution in [3.05, 3.63) is 59.7 Å². The Labute approximate surface area is 172 Å². The van der Waals surface area contributed by atoms with Gasteiger partial charge in [0, 0.05) is 26.7 Å². The molecule has 0 saturated carbocycles. The van der Waals surface area contributed by atoms with Gasteiger partial charge in [0.05, 0.1) is 12.8 Å². The lowest BCUT2D eigenvalue weighted by molar-refractivity contribution is -0.116. The number of aryl methyl sites for hydroxylation is 1. The molecule has 0 heterocycles. The molecule has 0 aliphatic heterocycles. The van der Waals surface area contributed by atoms with Crippen LogP contribution in [-0.4, -0.2) is 46.4 Å². The maximum atomic E-state index is 12.5. The smallest absolute Gasteiger partial charge is 0.262 e. The van der Waals surface area contributed by atoms with Gasteiger partial charge in [-0.2, -0.15) is 0 Å². The van der Waals surface area contributed by atoms with Crippen molar-refractivity contribution in [3.63, 3.8) is 0 Å². The third kappa shape index (κ3) is 5.58. The number of carbonyl (C=O) groups excluding carboxylic acids is 1. The zero-order valence-electron chi connectivity index (χ0n) is 17.3. The number of hydrogen-bond donors (Lipinski definition) is 1. The minimum absolute atomic E-state index is 0.0439. The summed E-state index contributed by atoms with van der Waals surface area (Å²) >= 11 is 0. The van der Waals surface area contributed by atoms with Crippen molar-refractivity contribution < 1.29 is 17.9 Å². The summed E-state index contributed by atoms with van der Waals surface area (Å²) in [6.07, 6.45) is 2.93. The van der Waals surface area contributed by atoms with Crippen molar-refractivity contribution in [3.8, 4) is 5.75 Å². The first-order valence-electron chi connectivity index (χ1n) is 9.12. The van der Waals surface area contributed by atoms with Crippen LogP contribution >= 0.6 is 0 Å². The number of methoxy groups -OCH3 is 1. The number of hydrogen-bond acceptors (Lipinski definition) is 5. The average molecular weight is 418 g/mol. The molecule has 0 radical (unpaired) electrons. The van der Waals surface area contributed by atoms with Crippen molar-refractivity contribution in [2.75, 3.05) is 32.8 Å². The van der Waals surface area contributed by atoms with E-state index in [2.05, 4.69) is 5.43 Å². The Kier molecular flexibility index (Phi) is 7.41. The van der Waals surface area contributed by atoms with Crippen molar-refractivity contribution in [2.24, 2.45) is 0 Å². The lowest BCUT2D eigenvalue weighted by Crippen LogP contribution is -2.41. The number of nitrogens with zero attached hydrogens (tertiary/aromatic N) is 2. The summed E-state index contributed by atoms with van der Waals surface area (Å²) in [6, 6.07) is 12.6. The number of nitrogens with one attached hydrogen (secondary N) is 1. The maximum Gasteiger partial charge on any atom is 0.262 e. The molecule has 0 fully saturated rings. The van der Waals surface area contributed by atoms with Crippen LogP contribution in [0.2, 0.25) is 0 Å². The number of hydrazine groups is 1. The van der Waals surface area contributed by atoms with Crippen LogP contribution in [0.15, 0.2) is 53.4 Å². The molecule has 1 N–H and O–H groups in total. The topological polar surface area (TPSA) is 79.0 Å². The Morgan fingerprint density at radius 1 is 1.14 bits per heavy atom. The molecule has 0 aromatic heterocycles. The molecule has 7 nitrogen and oxygen atoms in total. The Morgan fingerprint density at radius 2 is 1.79 bits per heavy atom. The fourth-order valence-electron chi connectivity index (χ4n) is 2.59. The number of carbonyl (C=O) groups is 1. The van der Waals surface area contributed by atoms with Crippen molar-refractivity contribution in [1.82, 2.24) is 9.73 Å². The van der Waals surface area contributed by atoms with E-state index in [4.69, 9.17) is 4.74 Å². The molecule has 2 aromatic carbocycles. The minimum atomic E-state index is -3.68. The predicted molar refractivity (Wildman–Crippen MR) is 115 cm³/mol. The average Bonchev–Trinajstić information content (AvgIpc) is 2.70. The summed E-state index contributed by atoms with van der Waals surface area (Å²) in [6.45, 7) is 4.53. The van der Waals surface area contributed by atoms with E-state index in [-0.39, 0.29) is 16.6 Å². The van der Waals surface area contributed by atoms with Crippen LogP contribution in [0, 0.1) is 6.92 Å². The van der Waals surface area contributed by atoms with Gasteiger partial charge in [-0.1, -0.05) is 23.8 Å². The number of anilines is 1. The van der Waals surface area contributed by atoms with Gasteiger partial charge >= 0.3 is 0 Å². The summed E-state index contributed by atoms with van der Waals surface area (Å²) in [5.74, 6) is -0.0721. The van der Waals surface area contributed by atoms with E-state index in [1.54, 1.807) is 23.2 Å². The Bertz CT molecular complexity index is 983. The van der Waals surface area contributed by atoms with E-state index < -0.39 is 10.0 Å². The quantitative estimate of drug-likeness (QED) is 0.528. The summed E-state index contributed by atoms with van der Waals surface area (Å²) in [7, 11) is 0.644. The third-order valence-corrected chi connectivity index (χ3v) is 6.12. The number of amides is 1. The summed E-state index contributed by atoms with van der Waals surface area (Å²) < 4.78 is 31.3. The SMILES string of the molecule is CCN(NC(=O)/C=C/c1ccc(OC)c(S(=O)(=O)N(C)C)c1)c1ccc(C)cc1. The standard InChI is InChI=1S/C21H27N3O4S/c1-6-24(18-11-7-16(2)8-12-18)22-21(25)14-10-17-9-13-19(28-5)20(15-17)29(26,27)23(3)4/h7-15H,6H2,1-5H3,(H,22,25)/b14-10+. The first-order valence-corrected chi connectivity index (χ1v) is 10.6. The van der Waals surface area contributed by atoms with Gasteiger partial charge in [0.2, 0.25) is 10.0 Å². The Hall–Kier alpha value is -2.84. The summed E-state index contributed by atoms with van der Waals surface area (Å²) in [5, 5.41) is 1.74. The van der Waals surface area contributed by atoms with Crippen molar-refractivity contribution >= 4 is 27.7 Å². The number of ether oxygens (including phenoxy) is 1. The van der Waals surface area contributed by atoms with Gasteiger partial charge in [0.15, 0.2) is 0 Å². The van der Waals surface area contributed by atoms with E-state index in [1.807, 2.05) is 38.1 Å². The highest BCUT2D eigenvalue weighted by Crippen LogP contribution is 2.27. The van der Waals surface area contributed by atoms with Crippen LogP contribution in [-0.2, 0) is 14.8 Å². The summed E-state index contributed by atoms with van der Waals surface area (Å²) in [5.41, 5.74) is 5.40. The van der Waals surface area contributed by atoms with Crippen molar-refractivity contribution in [1.29, 1.82) is 0 Å². The van der Waals surface area contributed by atoms with E-state index in [0.717, 1.165) is 15.6 Å². The molecular formula is C21H27N3O4S. The third-order valence-electron chi connectivity index (χ3n) is 4.28. The van der Waals surface area contributed by atoms with Crippen LogP contribution in [0.1, 0.15) is 18.1 Å². The van der Waals surface area contributed by atoms with Gasteiger partial charge < -0.3 is 4.74 Å². The molecule has 8 heteroatoms. The molecule has 0 bridgehead atoms. The molecule has 2 rings (SSSR count). The first kappa shape index (κ1) is 22.4. The number of sulfonamides is 1. The highest BCUT2D eigenvalue weighted by molar-refractivity contribution is 7.89. The second-order valence-corrected chi connectivity index (χ2v) is 8.71. The van der Waals surface area contributed by atoms with Gasteiger partial charge in [-0.25, -0.2) is 12.7 Å². The minimum Gasteiger partial charge on any atom is -0.495 e. The molecule has 0 aliphatic carbocycles. The van der Waals surface area contributed by atoms with Crippen LogP contribution in [0.3, 0.4) is 0 Å². The molecule has 1 amide bonds. The molecule has 0 unspecified atom stereocenters. The second kappa shape index (κ2) is 9.58. The monoisotopic (exact) mass is 417 g/mol. The summed E-state index contributed by atoms with van der Waals surface area (Å²) in [4.78, 5) is 12.4. The maximum absolute atomic E-state index is 12.5. The number of benzene rings is 2. The van der Waals surface area contributed by atoms with Gasteiger partial charge in [-0.15, -0.1) is 0 Å². The second-order valence-electron chi connectivity index (χ2n) is 6.59. The predicted octanol–water partition coefficient (Wildman–Crippen LogP) is 2.82. The van der Waals surface area contributed by atoms with Gasteiger partial charge in [-0.05, 0) is 49.8 Å². The lowest BCUT2D eigenvalue weighted by atomic mass is 10.2. The Morgan fingerprint density at radius 3 is 2.34 bits per heavy atom. The molecule has 0 aliphatic rings. The molecule has 0 atom stereocenters. The molecule has 156 valence electrons. The normalized spacial score (nSPS) is 11.7. The Balaban J connectivity index is 2.20. The molecular weight excluding hydrogens is 390 g/mol. The van der Waals surface area contributed by atoms with Crippen LogP contribution < -0.4 is 15.2 Å². The van der Waals surface area contributed by atoms with Gasteiger partial charge in [0.25, 0.3) is 5.91 Å². The van der Waals surface area contributed by atoms with Crippen LogP contribution in [0.25, 0.3) is 6.08 Å². The van der Waals surface area contributed by atoms with E-state index in [0.29, 0.717) is 12.1 Å². The van der Waals surface area contributed by atoms with Gasteiger partial charge in [-0.3, -0.25) is 15.2 Å². The van der Waals surface area contributed by atoms with Gasteiger partial charge in [0.1, 0.15) is 10.6 Å². The van der Waals surface area contributed by atoms with Crippen LogP contribution in [0.5, 0.6) is 5.75 Å². The highest BCUT2D eigenvalue weighted by Gasteiger charge is 2.22. The zero-order valence-corrected chi connectivity index (χ0v) is 18.2. The molecule has 2 aromatic rings. The number of rotatable bonds is 8.